The normalized spacial score (nSPS) is 12.7. The zero-order valence-electron chi connectivity index (χ0n) is 13.1. The Kier molecular flexibility index (Phi) is 4.90. The molecule has 0 spiro atoms. The van der Waals surface area contributed by atoms with Crippen LogP contribution >= 0.6 is 0 Å². The first kappa shape index (κ1) is 15.5. The van der Waals surface area contributed by atoms with E-state index >= 15 is 0 Å². The van der Waals surface area contributed by atoms with Crippen molar-refractivity contribution < 1.29 is 14.0 Å². The third-order valence-electron chi connectivity index (χ3n) is 3.61. The minimum atomic E-state index is -0.683. The minimum Gasteiger partial charge on any atom is -0.467 e. The summed E-state index contributed by atoms with van der Waals surface area (Å²) < 4.78 is 10.6. The van der Waals surface area contributed by atoms with Crippen LogP contribution in [0, 0.1) is 6.92 Å². The van der Waals surface area contributed by atoms with Crippen LogP contribution in [0.1, 0.15) is 28.9 Å². The summed E-state index contributed by atoms with van der Waals surface area (Å²) >= 11 is 0. The number of aliphatic hydroxyl groups is 1. The van der Waals surface area contributed by atoms with E-state index in [2.05, 4.69) is 22.2 Å². The van der Waals surface area contributed by atoms with Crippen LogP contribution in [0.25, 0.3) is 0 Å². The van der Waals surface area contributed by atoms with Gasteiger partial charge in [-0.2, -0.15) is 0 Å². The highest BCUT2D eigenvalue weighted by Crippen LogP contribution is 2.18. The van der Waals surface area contributed by atoms with Crippen molar-refractivity contribution in [3.63, 3.8) is 0 Å². The summed E-state index contributed by atoms with van der Waals surface area (Å²) in [6.45, 7) is 3.63. The summed E-state index contributed by atoms with van der Waals surface area (Å²) in [6.07, 6.45) is 0.887. The van der Waals surface area contributed by atoms with E-state index in [0.717, 1.165) is 11.5 Å². The van der Waals surface area contributed by atoms with Crippen LogP contribution in [0.2, 0.25) is 0 Å². The van der Waals surface area contributed by atoms with E-state index < -0.39 is 6.10 Å². The summed E-state index contributed by atoms with van der Waals surface area (Å²) in [4.78, 5) is 2.11. The van der Waals surface area contributed by atoms with Crippen molar-refractivity contribution >= 4 is 0 Å². The summed E-state index contributed by atoms with van der Waals surface area (Å²) in [5, 5.41) is 14.3. The number of aromatic nitrogens is 1. The van der Waals surface area contributed by atoms with E-state index in [0.29, 0.717) is 25.4 Å². The van der Waals surface area contributed by atoms with Crippen molar-refractivity contribution in [1.82, 2.24) is 10.1 Å². The highest BCUT2D eigenvalue weighted by molar-refractivity contribution is 5.15. The molecule has 0 amide bonds. The van der Waals surface area contributed by atoms with Crippen LogP contribution in [-0.4, -0.2) is 21.7 Å². The minimum absolute atomic E-state index is 0.447. The molecule has 5 heteroatoms. The number of aliphatic hydroxyl groups excluding tert-OH is 1. The van der Waals surface area contributed by atoms with Gasteiger partial charge >= 0.3 is 0 Å². The molecule has 3 aromatic rings. The molecular formula is C18H20N2O3. The Bertz CT molecular complexity index is 707. The smallest absolute Gasteiger partial charge is 0.150 e. The van der Waals surface area contributed by atoms with Crippen LogP contribution < -0.4 is 0 Å². The van der Waals surface area contributed by atoms with Crippen molar-refractivity contribution in [2.24, 2.45) is 0 Å². The molecule has 2 heterocycles. The maximum absolute atomic E-state index is 10.4. The maximum Gasteiger partial charge on any atom is 0.150 e. The van der Waals surface area contributed by atoms with Crippen molar-refractivity contribution in [1.29, 1.82) is 0 Å². The Morgan fingerprint density at radius 2 is 1.96 bits per heavy atom. The van der Waals surface area contributed by atoms with Gasteiger partial charge < -0.3 is 14.0 Å². The van der Waals surface area contributed by atoms with Gasteiger partial charge in [0.1, 0.15) is 11.9 Å². The second-order valence-corrected chi connectivity index (χ2v) is 5.62. The molecule has 0 fully saturated rings. The fraction of sp³-hybridized carbons (Fsp3) is 0.278. The predicted octanol–water partition coefficient (Wildman–Crippen LogP) is 3.31. The summed E-state index contributed by atoms with van der Waals surface area (Å²) in [7, 11) is 0. The Hall–Kier alpha value is -2.37. The van der Waals surface area contributed by atoms with Crippen LogP contribution in [0.3, 0.4) is 0 Å². The summed E-state index contributed by atoms with van der Waals surface area (Å²) in [5.41, 5.74) is 2.03. The molecule has 3 rings (SSSR count). The number of furan rings is 1. The number of rotatable bonds is 7. The van der Waals surface area contributed by atoms with E-state index in [4.69, 9.17) is 8.94 Å². The molecule has 120 valence electrons. The lowest BCUT2D eigenvalue weighted by Crippen LogP contribution is -2.27. The summed E-state index contributed by atoms with van der Waals surface area (Å²) in [6, 6.07) is 15.6. The molecule has 0 unspecified atom stereocenters. The lowest BCUT2D eigenvalue weighted by Gasteiger charge is -2.23. The van der Waals surface area contributed by atoms with E-state index in [9.17, 15) is 5.11 Å². The van der Waals surface area contributed by atoms with E-state index in [1.165, 1.54) is 5.56 Å². The van der Waals surface area contributed by atoms with Gasteiger partial charge in [0.2, 0.25) is 0 Å². The second-order valence-electron chi connectivity index (χ2n) is 5.62. The maximum atomic E-state index is 10.4. The van der Waals surface area contributed by atoms with Crippen molar-refractivity contribution in [3.05, 3.63) is 77.6 Å². The van der Waals surface area contributed by atoms with Gasteiger partial charge in [0.15, 0.2) is 5.76 Å². The third kappa shape index (κ3) is 4.31. The van der Waals surface area contributed by atoms with E-state index in [1.807, 2.05) is 31.2 Å². The van der Waals surface area contributed by atoms with Crippen LogP contribution in [0.15, 0.2) is 63.7 Å². The largest absolute Gasteiger partial charge is 0.467 e. The number of aryl methyl sites for hydroxylation is 1. The van der Waals surface area contributed by atoms with Gasteiger partial charge in [-0.15, -0.1) is 0 Å². The first-order chi connectivity index (χ1) is 11.2. The second kappa shape index (κ2) is 7.26. The topological polar surface area (TPSA) is 62.6 Å². The Balaban J connectivity index is 1.72. The van der Waals surface area contributed by atoms with Gasteiger partial charge in [0.25, 0.3) is 0 Å². The molecule has 0 aliphatic heterocycles. The monoisotopic (exact) mass is 312 g/mol. The molecule has 0 aliphatic carbocycles. The van der Waals surface area contributed by atoms with E-state index in [1.54, 1.807) is 18.4 Å². The Morgan fingerprint density at radius 3 is 2.61 bits per heavy atom. The lowest BCUT2D eigenvalue weighted by atomic mass is 10.2. The molecule has 0 saturated carbocycles. The highest BCUT2D eigenvalue weighted by Gasteiger charge is 2.18. The molecule has 23 heavy (non-hydrogen) atoms. The molecule has 1 N–H and O–H groups in total. The molecule has 1 aromatic carbocycles. The Labute approximate surface area is 135 Å². The molecular weight excluding hydrogens is 292 g/mol. The molecule has 0 bridgehead atoms. The quantitative estimate of drug-likeness (QED) is 0.725. The van der Waals surface area contributed by atoms with Gasteiger partial charge in [-0.3, -0.25) is 4.90 Å². The molecule has 2 aromatic heterocycles. The van der Waals surface area contributed by atoms with Crippen LogP contribution in [-0.2, 0) is 13.1 Å². The lowest BCUT2D eigenvalue weighted by molar-refractivity contribution is 0.0825. The standard InChI is InChI=1S/C18H20N2O3/c1-14-10-16(23-19-14)12-20(11-15-6-3-2-4-7-15)13-17(21)18-8-5-9-22-18/h2-10,17,21H,11-13H2,1H3/t17-/m0/s1. The molecule has 1 atom stereocenters. The highest BCUT2D eigenvalue weighted by atomic mass is 16.5. The molecule has 0 radical (unpaired) electrons. The van der Waals surface area contributed by atoms with Gasteiger partial charge in [-0.05, 0) is 24.6 Å². The van der Waals surface area contributed by atoms with Crippen LogP contribution in [0.4, 0.5) is 0 Å². The molecule has 0 aliphatic rings. The van der Waals surface area contributed by atoms with Crippen LogP contribution in [0.5, 0.6) is 0 Å². The van der Waals surface area contributed by atoms with Crippen molar-refractivity contribution in [3.8, 4) is 0 Å². The molecule has 5 nitrogen and oxygen atoms in total. The number of benzene rings is 1. The summed E-state index contributed by atoms with van der Waals surface area (Å²) in [5.74, 6) is 1.35. The van der Waals surface area contributed by atoms with E-state index in [-0.39, 0.29) is 0 Å². The molecule has 0 saturated heterocycles. The van der Waals surface area contributed by atoms with Gasteiger partial charge in [0, 0.05) is 19.2 Å². The van der Waals surface area contributed by atoms with Crippen molar-refractivity contribution in [2.45, 2.75) is 26.1 Å². The fourth-order valence-electron chi connectivity index (χ4n) is 2.55. The number of hydrogen-bond acceptors (Lipinski definition) is 5. The predicted molar refractivity (Wildman–Crippen MR) is 85.5 cm³/mol. The Morgan fingerprint density at radius 1 is 1.13 bits per heavy atom. The van der Waals surface area contributed by atoms with Gasteiger partial charge in [-0.25, -0.2) is 0 Å². The third-order valence-corrected chi connectivity index (χ3v) is 3.61. The first-order valence-electron chi connectivity index (χ1n) is 7.60. The SMILES string of the molecule is Cc1cc(CN(Cc2ccccc2)C[C@H](O)c2ccco2)on1. The zero-order valence-corrected chi connectivity index (χ0v) is 13.1. The first-order valence-corrected chi connectivity index (χ1v) is 7.60. The average molecular weight is 312 g/mol. The number of nitrogens with zero attached hydrogens (tertiary/aromatic N) is 2. The zero-order chi connectivity index (χ0) is 16.1. The fourth-order valence-corrected chi connectivity index (χ4v) is 2.55. The van der Waals surface area contributed by atoms with Crippen molar-refractivity contribution in [2.75, 3.05) is 6.54 Å². The van der Waals surface area contributed by atoms with Gasteiger partial charge in [-0.1, -0.05) is 35.5 Å². The van der Waals surface area contributed by atoms with Gasteiger partial charge in [0.05, 0.1) is 18.5 Å². The number of hydrogen-bond donors (Lipinski definition) is 1. The average Bonchev–Trinajstić information content (AvgIpc) is 3.20.